The van der Waals surface area contributed by atoms with Crippen LogP contribution in [0.25, 0.3) is 0 Å². The molecule has 1 aromatic carbocycles. The molecule has 24 heavy (non-hydrogen) atoms. The van der Waals surface area contributed by atoms with Crippen molar-refractivity contribution in [3.05, 3.63) is 52.2 Å². The van der Waals surface area contributed by atoms with E-state index in [9.17, 15) is 9.59 Å². The molecule has 1 fully saturated rings. The van der Waals surface area contributed by atoms with Gasteiger partial charge >= 0.3 is 0 Å². The van der Waals surface area contributed by atoms with Crippen LogP contribution in [0.2, 0.25) is 0 Å². The summed E-state index contributed by atoms with van der Waals surface area (Å²) in [7, 11) is 0. The summed E-state index contributed by atoms with van der Waals surface area (Å²) in [6, 6.07) is 11.8. The lowest BCUT2D eigenvalue weighted by molar-refractivity contribution is -0.130. The third-order valence-corrected chi connectivity index (χ3v) is 6.40. The van der Waals surface area contributed by atoms with Crippen LogP contribution < -0.4 is 5.32 Å². The van der Waals surface area contributed by atoms with E-state index in [1.165, 1.54) is 0 Å². The highest BCUT2D eigenvalue weighted by atomic mass is 32.2. The molecule has 2 aromatic rings. The van der Waals surface area contributed by atoms with Crippen LogP contribution >= 0.6 is 23.1 Å². The molecule has 0 bridgehead atoms. The van der Waals surface area contributed by atoms with E-state index in [2.05, 4.69) is 5.32 Å². The number of anilines is 1. The van der Waals surface area contributed by atoms with Gasteiger partial charge in [0.15, 0.2) is 0 Å². The molecular formula is C18H20N2O2S2. The zero-order chi connectivity index (χ0) is 17.1. The summed E-state index contributed by atoms with van der Waals surface area (Å²) >= 11 is 3.30. The quantitative estimate of drug-likeness (QED) is 0.875. The van der Waals surface area contributed by atoms with Gasteiger partial charge in [0, 0.05) is 23.5 Å². The summed E-state index contributed by atoms with van der Waals surface area (Å²) in [5.41, 5.74) is 1.94. The molecule has 4 nitrogen and oxygen atoms in total. The standard InChI is InChI=1S/C18H20N2O2S2/c1-12-5-7-14(8-6-12)19-16(21)9-10-20-17(22)13(2)24-18(20)15-4-3-11-23-15/h3-8,11,13,18H,9-10H2,1-2H3,(H,19,21)/t13-,18+/m0/s1. The number of rotatable bonds is 5. The number of carbonyl (C=O) groups is 2. The molecular weight excluding hydrogens is 340 g/mol. The maximum atomic E-state index is 12.4. The largest absolute Gasteiger partial charge is 0.326 e. The lowest BCUT2D eigenvalue weighted by Crippen LogP contribution is -2.33. The number of hydrogen-bond donors (Lipinski definition) is 1. The van der Waals surface area contributed by atoms with Crippen molar-refractivity contribution in [2.24, 2.45) is 0 Å². The zero-order valence-electron chi connectivity index (χ0n) is 13.7. The Morgan fingerprint density at radius 2 is 2.00 bits per heavy atom. The number of carbonyl (C=O) groups excluding carboxylic acids is 2. The van der Waals surface area contributed by atoms with Crippen molar-refractivity contribution in [3.8, 4) is 0 Å². The monoisotopic (exact) mass is 360 g/mol. The Kier molecular flexibility index (Phi) is 5.26. The lowest BCUT2D eigenvalue weighted by Gasteiger charge is -2.22. The number of thioether (sulfide) groups is 1. The third kappa shape index (κ3) is 3.82. The van der Waals surface area contributed by atoms with Crippen molar-refractivity contribution in [2.45, 2.75) is 30.9 Å². The number of aryl methyl sites for hydroxylation is 1. The van der Waals surface area contributed by atoms with Gasteiger partial charge in [-0.25, -0.2) is 0 Å². The topological polar surface area (TPSA) is 49.4 Å². The van der Waals surface area contributed by atoms with Crippen LogP contribution in [0.5, 0.6) is 0 Å². The Labute approximate surface area is 150 Å². The number of nitrogens with one attached hydrogen (secondary N) is 1. The van der Waals surface area contributed by atoms with Crippen LogP contribution in [-0.4, -0.2) is 28.5 Å². The number of thiophene rings is 1. The van der Waals surface area contributed by atoms with Crippen LogP contribution in [0, 0.1) is 6.92 Å². The molecule has 1 N–H and O–H groups in total. The average Bonchev–Trinajstić information content (AvgIpc) is 3.18. The van der Waals surface area contributed by atoms with Crippen LogP contribution in [-0.2, 0) is 9.59 Å². The van der Waals surface area contributed by atoms with Gasteiger partial charge in [0.1, 0.15) is 5.37 Å². The van der Waals surface area contributed by atoms with Gasteiger partial charge < -0.3 is 10.2 Å². The number of nitrogens with zero attached hydrogens (tertiary/aromatic N) is 1. The first-order chi connectivity index (χ1) is 11.5. The second-order valence-electron chi connectivity index (χ2n) is 5.84. The van der Waals surface area contributed by atoms with Gasteiger partial charge in [0.25, 0.3) is 0 Å². The van der Waals surface area contributed by atoms with E-state index in [1.807, 2.05) is 60.5 Å². The fraction of sp³-hybridized carbons (Fsp3) is 0.333. The summed E-state index contributed by atoms with van der Waals surface area (Å²) in [6.45, 7) is 4.38. The lowest BCUT2D eigenvalue weighted by atomic mass is 10.2. The molecule has 1 aliphatic heterocycles. The fourth-order valence-electron chi connectivity index (χ4n) is 2.64. The van der Waals surface area contributed by atoms with Gasteiger partial charge in [-0.3, -0.25) is 9.59 Å². The average molecular weight is 361 g/mol. The smallest absolute Gasteiger partial charge is 0.236 e. The minimum Gasteiger partial charge on any atom is -0.326 e. The van der Waals surface area contributed by atoms with Crippen molar-refractivity contribution in [3.63, 3.8) is 0 Å². The molecule has 2 amide bonds. The summed E-state index contributed by atoms with van der Waals surface area (Å²) in [6.07, 6.45) is 0.300. The van der Waals surface area contributed by atoms with Gasteiger partial charge in [0.05, 0.1) is 5.25 Å². The highest BCUT2D eigenvalue weighted by Gasteiger charge is 2.38. The first-order valence-corrected chi connectivity index (χ1v) is 9.72. The second-order valence-corrected chi connectivity index (χ2v) is 8.25. The Balaban J connectivity index is 1.60. The van der Waals surface area contributed by atoms with E-state index in [1.54, 1.807) is 23.1 Å². The maximum Gasteiger partial charge on any atom is 0.236 e. The predicted octanol–water partition coefficient (Wildman–Crippen LogP) is 4.05. The van der Waals surface area contributed by atoms with Crippen molar-refractivity contribution in [1.82, 2.24) is 4.90 Å². The minimum absolute atomic E-state index is 0.0275. The number of hydrogen-bond acceptors (Lipinski definition) is 4. The molecule has 0 radical (unpaired) electrons. The molecule has 1 aliphatic rings. The molecule has 3 rings (SSSR count). The Bertz CT molecular complexity index is 713. The molecule has 1 saturated heterocycles. The summed E-state index contributed by atoms with van der Waals surface area (Å²) in [4.78, 5) is 27.6. The van der Waals surface area contributed by atoms with Crippen LogP contribution in [0.1, 0.15) is 29.2 Å². The first-order valence-electron chi connectivity index (χ1n) is 7.90. The van der Waals surface area contributed by atoms with E-state index < -0.39 is 0 Å². The molecule has 2 heterocycles. The third-order valence-electron chi connectivity index (χ3n) is 3.95. The SMILES string of the molecule is Cc1ccc(NC(=O)CCN2C(=O)[C@H](C)S[C@@H]2c2cccs2)cc1. The van der Waals surface area contributed by atoms with Gasteiger partial charge in [-0.1, -0.05) is 23.8 Å². The van der Waals surface area contributed by atoms with Crippen molar-refractivity contribution < 1.29 is 9.59 Å². The van der Waals surface area contributed by atoms with Gasteiger partial charge in [-0.15, -0.1) is 23.1 Å². The molecule has 0 saturated carbocycles. The second kappa shape index (κ2) is 7.40. The van der Waals surface area contributed by atoms with Crippen molar-refractivity contribution >= 4 is 40.6 Å². The minimum atomic E-state index is -0.0684. The van der Waals surface area contributed by atoms with Gasteiger partial charge in [-0.05, 0) is 37.4 Å². The van der Waals surface area contributed by atoms with Crippen LogP contribution in [0.3, 0.4) is 0 Å². The van der Waals surface area contributed by atoms with Gasteiger partial charge in [0.2, 0.25) is 11.8 Å². The summed E-state index contributed by atoms with van der Waals surface area (Å²) in [5, 5.41) is 4.88. The molecule has 6 heteroatoms. The van der Waals surface area contributed by atoms with E-state index in [0.717, 1.165) is 16.1 Å². The molecule has 0 spiro atoms. The Morgan fingerprint density at radius 1 is 1.25 bits per heavy atom. The summed E-state index contributed by atoms with van der Waals surface area (Å²) < 4.78 is 0. The molecule has 0 aliphatic carbocycles. The van der Waals surface area contributed by atoms with E-state index >= 15 is 0 Å². The van der Waals surface area contributed by atoms with Crippen molar-refractivity contribution in [1.29, 1.82) is 0 Å². The van der Waals surface area contributed by atoms with Gasteiger partial charge in [-0.2, -0.15) is 0 Å². The van der Waals surface area contributed by atoms with E-state index in [-0.39, 0.29) is 22.4 Å². The van der Waals surface area contributed by atoms with E-state index in [4.69, 9.17) is 0 Å². The highest BCUT2D eigenvalue weighted by molar-refractivity contribution is 8.01. The first kappa shape index (κ1) is 17.0. The molecule has 2 atom stereocenters. The zero-order valence-corrected chi connectivity index (χ0v) is 15.3. The number of amides is 2. The van der Waals surface area contributed by atoms with Crippen molar-refractivity contribution in [2.75, 3.05) is 11.9 Å². The maximum absolute atomic E-state index is 12.4. The molecule has 126 valence electrons. The molecule has 0 unspecified atom stereocenters. The fourth-order valence-corrected chi connectivity index (χ4v) is 4.89. The predicted molar refractivity (Wildman–Crippen MR) is 100 cm³/mol. The van der Waals surface area contributed by atoms with Crippen LogP contribution in [0.15, 0.2) is 41.8 Å². The normalized spacial score (nSPS) is 20.4. The summed E-state index contributed by atoms with van der Waals surface area (Å²) in [5.74, 6) is 0.0441. The number of benzene rings is 1. The Hall–Kier alpha value is -1.79. The van der Waals surface area contributed by atoms with E-state index in [0.29, 0.717) is 13.0 Å². The highest BCUT2D eigenvalue weighted by Crippen LogP contribution is 2.44. The Morgan fingerprint density at radius 3 is 2.67 bits per heavy atom. The van der Waals surface area contributed by atoms with Crippen LogP contribution in [0.4, 0.5) is 5.69 Å². The molecule has 1 aromatic heterocycles.